The average Bonchev–Trinajstić information content (AvgIpc) is 3.53. The second-order valence-electron chi connectivity index (χ2n) is 13.6. The average molecular weight is 674 g/mol. The monoisotopic (exact) mass is 673 g/mol. The maximum Gasteiger partial charge on any atom is 0.344 e. The molecule has 0 aliphatic heterocycles. The van der Waals surface area contributed by atoms with Crippen LogP contribution in [0.3, 0.4) is 0 Å². The van der Waals surface area contributed by atoms with Gasteiger partial charge in [-0.25, -0.2) is 9.59 Å². The Morgan fingerprint density at radius 3 is 1.71 bits per heavy atom. The number of aromatic nitrogens is 1. The summed E-state index contributed by atoms with van der Waals surface area (Å²) in [7, 11) is 0. The molecule has 3 heterocycles. The molecule has 5 nitrogen and oxygen atoms in total. The van der Waals surface area contributed by atoms with Crippen molar-refractivity contribution in [3.63, 3.8) is 0 Å². The Hall–Kier alpha value is -6.72. The summed E-state index contributed by atoms with van der Waals surface area (Å²) in [6.07, 6.45) is 0. The molecule has 0 bridgehead atoms. The van der Waals surface area contributed by atoms with E-state index >= 15 is 0 Å². The third-order valence-electron chi connectivity index (χ3n) is 10.8. The van der Waals surface area contributed by atoms with Crippen molar-refractivity contribution in [2.75, 3.05) is 0 Å². The molecule has 7 aromatic carbocycles. The van der Waals surface area contributed by atoms with Crippen LogP contribution >= 0.6 is 0 Å². The molecule has 3 aromatic heterocycles. The third kappa shape index (κ3) is 4.36. The molecule has 248 valence electrons. The van der Waals surface area contributed by atoms with Gasteiger partial charge in [0, 0.05) is 38.7 Å². The van der Waals surface area contributed by atoms with Crippen molar-refractivity contribution in [1.29, 1.82) is 0 Å². The second-order valence-corrected chi connectivity index (χ2v) is 13.6. The lowest BCUT2D eigenvalue weighted by Gasteiger charge is -2.21. The summed E-state index contributed by atoms with van der Waals surface area (Å²) in [5.74, 6) is -0.125. The molecule has 10 aromatic rings. The Morgan fingerprint density at radius 2 is 1.02 bits per heavy atom. The minimum absolute atomic E-state index is 0.125. The van der Waals surface area contributed by atoms with E-state index in [0.29, 0.717) is 21.9 Å². The van der Waals surface area contributed by atoms with E-state index in [1.54, 1.807) is 0 Å². The Morgan fingerprint density at radius 1 is 0.481 bits per heavy atom. The highest BCUT2D eigenvalue weighted by atomic mass is 16.4. The normalized spacial score (nSPS) is 12.5. The minimum atomic E-state index is -0.351. The van der Waals surface area contributed by atoms with E-state index in [4.69, 9.17) is 8.83 Å². The van der Waals surface area contributed by atoms with Gasteiger partial charge in [-0.05, 0) is 82.4 Å². The van der Waals surface area contributed by atoms with Gasteiger partial charge < -0.3 is 13.4 Å². The molecule has 5 heteroatoms. The van der Waals surface area contributed by atoms with Gasteiger partial charge in [0.05, 0.1) is 21.8 Å². The van der Waals surface area contributed by atoms with Gasteiger partial charge in [0.25, 0.3) is 0 Å². The quantitative estimate of drug-likeness (QED) is 0.138. The van der Waals surface area contributed by atoms with Gasteiger partial charge in [-0.1, -0.05) is 110 Å². The van der Waals surface area contributed by atoms with Crippen molar-refractivity contribution in [2.24, 2.45) is 0 Å². The zero-order chi connectivity index (χ0) is 35.1. The number of fused-ring (bicyclic) bond motifs is 10. The van der Waals surface area contributed by atoms with Crippen molar-refractivity contribution >= 4 is 65.3 Å². The molecule has 0 radical (unpaired) electrons. The number of benzene rings is 7. The second kappa shape index (κ2) is 11.4. The van der Waals surface area contributed by atoms with E-state index < -0.39 is 0 Å². The van der Waals surface area contributed by atoms with Gasteiger partial charge >= 0.3 is 11.3 Å². The molecule has 0 saturated heterocycles. The largest absolute Gasteiger partial charge is 0.422 e. The van der Waals surface area contributed by atoms with Gasteiger partial charge in [-0.3, -0.25) is 0 Å². The van der Waals surface area contributed by atoms with Crippen LogP contribution in [0.4, 0.5) is 0 Å². The molecule has 0 spiro atoms. The molecule has 0 fully saturated rings. The van der Waals surface area contributed by atoms with E-state index in [1.165, 1.54) is 0 Å². The van der Waals surface area contributed by atoms with Crippen LogP contribution in [0.1, 0.15) is 29.5 Å². The number of rotatable bonds is 4. The Balaban J connectivity index is 1.20. The maximum absolute atomic E-state index is 13.4. The van der Waals surface area contributed by atoms with Crippen molar-refractivity contribution in [2.45, 2.75) is 19.8 Å². The number of aryl methyl sites for hydroxylation is 1. The molecule has 0 N–H and O–H groups in total. The van der Waals surface area contributed by atoms with Crippen LogP contribution in [0, 0.1) is 6.92 Å². The van der Waals surface area contributed by atoms with E-state index in [-0.39, 0.29) is 17.2 Å². The summed E-state index contributed by atoms with van der Waals surface area (Å²) in [5.41, 5.74) is 8.63. The predicted octanol–water partition coefficient (Wildman–Crippen LogP) is 11.4. The molecule has 52 heavy (non-hydrogen) atoms. The minimum Gasteiger partial charge on any atom is -0.422 e. The fourth-order valence-corrected chi connectivity index (χ4v) is 8.24. The van der Waals surface area contributed by atoms with Gasteiger partial charge in [0.15, 0.2) is 5.58 Å². The van der Waals surface area contributed by atoms with Crippen molar-refractivity contribution < 1.29 is 8.83 Å². The van der Waals surface area contributed by atoms with E-state index in [9.17, 15) is 9.59 Å². The zero-order valence-electron chi connectivity index (χ0n) is 28.5. The lowest BCUT2D eigenvalue weighted by atomic mass is 9.84. The van der Waals surface area contributed by atoms with Crippen LogP contribution < -0.4 is 11.3 Å². The molecular weight excluding hydrogens is 643 g/mol. The van der Waals surface area contributed by atoms with Crippen molar-refractivity contribution in [1.82, 2.24) is 4.57 Å². The van der Waals surface area contributed by atoms with Crippen LogP contribution in [-0.4, -0.2) is 4.57 Å². The topological polar surface area (TPSA) is 65.3 Å². The fourth-order valence-electron chi connectivity index (χ4n) is 8.24. The van der Waals surface area contributed by atoms with E-state index in [1.807, 2.05) is 72.8 Å². The van der Waals surface area contributed by atoms with Gasteiger partial charge in [0.2, 0.25) is 0 Å². The van der Waals surface area contributed by atoms with Crippen LogP contribution in [-0.2, 0) is 0 Å². The smallest absolute Gasteiger partial charge is 0.344 e. The summed E-state index contributed by atoms with van der Waals surface area (Å²) < 4.78 is 14.5. The standard InChI is InChI=1S/C47H31NO4/c1-27-11-3-4-12-31(27)35-23-25-37-32-13-5-7-16-39(32)46(49)51-44(37)42(35)28(2)29-19-21-30(22-20-29)48-41-18-10-9-15-34(41)36-24-26-38-33-14-6-8-17-40(33)47(50)52-45(38)43(36)48/h3-26,28H,1-2H3. The Labute approximate surface area is 297 Å². The summed E-state index contributed by atoms with van der Waals surface area (Å²) >= 11 is 0. The fraction of sp³-hybridized carbons (Fsp3) is 0.0638. The Kier molecular flexibility index (Phi) is 6.61. The Bertz CT molecular complexity index is 3200. The lowest BCUT2D eigenvalue weighted by Crippen LogP contribution is -2.06. The molecule has 0 aliphatic carbocycles. The third-order valence-corrected chi connectivity index (χ3v) is 10.8. The number of nitrogens with zero attached hydrogens (tertiary/aromatic N) is 1. The summed E-state index contributed by atoms with van der Waals surface area (Å²) in [6, 6.07) is 48.9. The van der Waals surface area contributed by atoms with E-state index in [0.717, 1.165) is 76.9 Å². The highest BCUT2D eigenvalue weighted by Crippen LogP contribution is 2.42. The molecule has 0 saturated carbocycles. The SMILES string of the molecule is Cc1ccccc1-c1ccc2c(oc(=O)c3ccccc32)c1C(C)c1ccc(-n2c3ccccc3c3ccc4c5ccccc5c(=O)oc4c32)cc1. The van der Waals surface area contributed by atoms with Crippen molar-refractivity contribution in [3.8, 4) is 16.8 Å². The maximum atomic E-state index is 13.4. The van der Waals surface area contributed by atoms with Gasteiger partial charge in [0.1, 0.15) is 5.58 Å². The van der Waals surface area contributed by atoms with Crippen LogP contribution in [0.2, 0.25) is 0 Å². The van der Waals surface area contributed by atoms with Crippen LogP contribution in [0.5, 0.6) is 0 Å². The molecule has 0 amide bonds. The molecule has 10 rings (SSSR count). The molecule has 1 unspecified atom stereocenters. The molecular formula is C47H31NO4. The number of hydrogen-bond acceptors (Lipinski definition) is 4. The van der Waals surface area contributed by atoms with Gasteiger partial charge in [-0.2, -0.15) is 0 Å². The first-order valence-electron chi connectivity index (χ1n) is 17.5. The summed E-state index contributed by atoms with van der Waals surface area (Å²) in [6.45, 7) is 4.29. The highest BCUT2D eigenvalue weighted by Gasteiger charge is 2.23. The van der Waals surface area contributed by atoms with Gasteiger partial charge in [-0.15, -0.1) is 0 Å². The first-order chi connectivity index (χ1) is 25.5. The van der Waals surface area contributed by atoms with Crippen LogP contribution in [0.15, 0.2) is 164 Å². The summed E-state index contributed by atoms with van der Waals surface area (Å²) in [4.78, 5) is 26.7. The lowest BCUT2D eigenvalue weighted by molar-refractivity contribution is 0.564. The van der Waals surface area contributed by atoms with Crippen molar-refractivity contribution in [3.05, 3.63) is 183 Å². The predicted molar refractivity (Wildman–Crippen MR) is 212 cm³/mol. The first-order valence-corrected chi connectivity index (χ1v) is 17.5. The first kappa shape index (κ1) is 30.1. The highest BCUT2D eigenvalue weighted by molar-refractivity contribution is 6.20. The molecule has 0 aliphatic rings. The zero-order valence-corrected chi connectivity index (χ0v) is 28.5. The molecule has 1 atom stereocenters. The summed E-state index contributed by atoms with van der Waals surface area (Å²) in [5, 5.41) is 6.79. The number of para-hydroxylation sites is 1. The van der Waals surface area contributed by atoms with Crippen LogP contribution in [0.25, 0.3) is 82.1 Å². The number of hydrogen-bond donors (Lipinski definition) is 0. The van der Waals surface area contributed by atoms with E-state index in [2.05, 4.69) is 91.2 Å².